The summed E-state index contributed by atoms with van der Waals surface area (Å²) in [6, 6.07) is 18.4. The van der Waals surface area contributed by atoms with Gasteiger partial charge in [0.25, 0.3) is 5.91 Å². The first-order chi connectivity index (χ1) is 16.7. The smallest absolute Gasteiger partial charge is 0.251 e. The number of halogens is 1. The van der Waals surface area contributed by atoms with Gasteiger partial charge in [0.2, 0.25) is 5.91 Å². The van der Waals surface area contributed by atoms with Crippen LogP contribution in [0.2, 0.25) is 5.02 Å². The number of hydrogen-bond donors (Lipinski definition) is 3. The SMILES string of the molecule is CC(=O)c1c[nH]c2ccc(NC(=O)[C@H](C)NC(=O)c3ccc(-c4ccccc4)c(Cl)c3)cc2c1=O. The summed E-state index contributed by atoms with van der Waals surface area (Å²) in [6.07, 6.45) is 1.38. The first-order valence-corrected chi connectivity index (χ1v) is 11.3. The third-order valence-electron chi connectivity index (χ3n) is 5.58. The zero-order valence-electron chi connectivity index (χ0n) is 19.0. The number of pyridine rings is 1. The molecule has 0 spiro atoms. The fraction of sp³-hybridized carbons (Fsp3) is 0.111. The average molecular weight is 488 g/mol. The lowest BCUT2D eigenvalue weighted by Crippen LogP contribution is -2.41. The van der Waals surface area contributed by atoms with Gasteiger partial charge >= 0.3 is 0 Å². The molecule has 1 heterocycles. The Kier molecular flexibility index (Phi) is 6.80. The number of H-pyrrole nitrogens is 1. The van der Waals surface area contributed by atoms with E-state index in [4.69, 9.17) is 11.6 Å². The summed E-state index contributed by atoms with van der Waals surface area (Å²) in [5.74, 6) is -1.27. The average Bonchev–Trinajstić information content (AvgIpc) is 2.84. The van der Waals surface area contributed by atoms with Crippen LogP contribution in [0.25, 0.3) is 22.0 Å². The molecule has 4 aromatic rings. The Morgan fingerprint density at radius 3 is 2.40 bits per heavy atom. The maximum absolute atomic E-state index is 12.7. The Bertz CT molecular complexity index is 1510. The topological polar surface area (TPSA) is 108 Å². The Balaban J connectivity index is 1.46. The van der Waals surface area contributed by atoms with E-state index in [1.807, 2.05) is 30.3 Å². The Labute approximate surface area is 206 Å². The number of fused-ring (bicyclic) bond motifs is 1. The molecule has 0 saturated carbocycles. The number of anilines is 1. The van der Waals surface area contributed by atoms with Gasteiger partial charge in [-0.1, -0.05) is 48.0 Å². The van der Waals surface area contributed by atoms with Gasteiger partial charge in [0.1, 0.15) is 6.04 Å². The summed E-state index contributed by atoms with van der Waals surface area (Å²) in [5, 5.41) is 6.05. The predicted octanol–water partition coefficient (Wildman–Crippen LogP) is 4.81. The maximum atomic E-state index is 12.7. The van der Waals surface area contributed by atoms with Crippen molar-refractivity contribution in [3.8, 4) is 11.1 Å². The van der Waals surface area contributed by atoms with E-state index in [0.29, 0.717) is 21.8 Å². The fourth-order valence-electron chi connectivity index (χ4n) is 3.66. The van der Waals surface area contributed by atoms with E-state index < -0.39 is 23.3 Å². The van der Waals surface area contributed by atoms with E-state index in [-0.39, 0.29) is 16.7 Å². The largest absolute Gasteiger partial charge is 0.360 e. The molecule has 0 bridgehead atoms. The Morgan fingerprint density at radius 1 is 0.971 bits per heavy atom. The molecule has 7 nitrogen and oxygen atoms in total. The van der Waals surface area contributed by atoms with Crippen molar-refractivity contribution in [2.24, 2.45) is 0 Å². The lowest BCUT2D eigenvalue weighted by atomic mass is 10.0. The minimum atomic E-state index is -0.868. The predicted molar refractivity (Wildman–Crippen MR) is 137 cm³/mol. The van der Waals surface area contributed by atoms with Gasteiger partial charge < -0.3 is 15.6 Å². The van der Waals surface area contributed by atoms with Crippen LogP contribution in [0.1, 0.15) is 34.6 Å². The lowest BCUT2D eigenvalue weighted by molar-refractivity contribution is -0.117. The highest BCUT2D eigenvalue weighted by Gasteiger charge is 2.18. The van der Waals surface area contributed by atoms with Crippen LogP contribution < -0.4 is 16.1 Å². The molecule has 0 fully saturated rings. The number of Topliss-reactive ketones (excluding diaryl/α,β-unsaturated/α-hetero) is 1. The van der Waals surface area contributed by atoms with Gasteiger partial charge in [-0.2, -0.15) is 0 Å². The normalized spacial score (nSPS) is 11.6. The number of benzene rings is 3. The molecule has 0 aliphatic carbocycles. The molecule has 0 saturated heterocycles. The number of carbonyl (C=O) groups is 3. The van der Waals surface area contributed by atoms with Crippen molar-refractivity contribution in [2.75, 3.05) is 5.32 Å². The number of hydrogen-bond acceptors (Lipinski definition) is 4. The van der Waals surface area contributed by atoms with Gasteiger partial charge in [-0.15, -0.1) is 0 Å². The molecule has 35 heavy (non-hydrogen) atoms. The third kappa shape index (κ3) is 5.15. The van der Waals surface area contributed by atoms with Gasteiger partial charge in [-0.25, -0.2) is 0 Å². The van der Waals surface area contributed by atoms with Crippen molar-refractivity contribution in [3.63, 3.8) is 0 Å². The van der Waals surface area contributed by atoms with Gasteiger partial charge in [-0.05, 0) is 49.7 Å². The molecule has 176 valence electrons. The van der Waals surface area contributed by atoms with Crippen molar-refractivity contribution < 1.29 is 14.4 Å². The quantitative estimate of drug-likeness (QED) is 0.339. The van der Waals surface area contributed by atoms with Crippen LogP contribution in [0.4, 0.5) is 5.69 Å². The fourth-order valence-corrected chi connectivity index (χ4v) is 3.95. The summed E-state index contributed by atoms with van der Waals surface area (Å²) in [6.45, 7) is 2.86. The van der Waals surface area contributed by atoms with Crippen LogP contribution in [0.3, 0.4) is 0 Å². The van der Waals surface area contributed by atoms with Crippen molar-refractivity contribution in [1.29, 1.82) is 0 Å². The van der Waals surface area contributed by atoms with Crippen molar-refractivity contribution in [2.45, 2.75) is 19.9 Å². The third-order valence-corrected chi connectivity index (χ3v) is 5.90. The molecule has 8 heteroatoms. The maximum Gasteiger partial charge on any atom is 0.251 e. The monoisotopic (exact) mass is 487 g/mol. The molecular weight excluding hydrogens is 466 g/mol. The second-order valence-electron chi connectivity index (χ2n) is 8.09. The minimum Gasteiger partial charge on any atom is -0.360 e. The van der Waals surface area contributed by atoms with Crippen LogP contribution in [0.5, 0.6) is 0 Å². The number of rotatable bonds is 6. The molecule has 3 aromatic carbocycles. The Morgan fingerprint density at radius 2 is 1.71 bits per heavy atom. The zero-order valence-corrected chi connectivity index (χ0v) is 19.8. The summed E-state index contributed by atoms with van der Waals surface area (Å²) in [4.78, 5) is 52.5. The molecule has 0 unspecified atom stereocenters. The highest BCUT2D eigenvalue weighted by molar-refractivity contribution is 6.33. The van der Waals surface area contributed by atoms with Crippen LogP contribution in [0.15, 0.2) is 77.7 Å². The summed E-state index contributed by atoms with van der Waals surface area (Å²) >= 11 is 6.40. The highest BCUT2D eigenvalue weighted by atomic mass is 35.5. The van der Waals surface area contributed by atoms with Crippen LogP contribution in [0, 0.1) is 0 Å². The minimum absolute atomic E-state index is 0.0403. The second kappa shape index (κ2) is 9.95. The number of ketones is 1. The first-order valence-electron chi connectivity index (χ1n) is 10.9. The molecule has 1 atom stereocenters. The molecular formula is C27H22ClN3O4. The first kappa shape index (κ1) is 23.9. The van der Waals surface area contributed by atoms with Gasteiger partial charge in [0.05, 0.1) is 5.56 Å². The van der Waals surface area contributed by atoms with Gasteiger partial charge in [-0.3, -0.25) is 19.2 Å². The number of amides is 2. The molecule has 1 aromatic heterocycles. The van der Waals surface area contributed by atoms with Crippen molar-refractivity contribution in [1.82, 2.24) is 10.3 Å². The van der Waals surface area contributed by atoms with E-state index in [9.17, 15) is 19.2 Å². The summed E-state index contributed by atoms with van der Waals surface area (Å²) < 4.78 is 0. The van der Waals surface area contributed by atoms with E-state index >= 15 is 0 Å². The van der Waals surface area contributed by atoms with Crippen LogP contribution in [-0.2, 0) is 4.79 Å². The van der Waals surface area contributed by atoms with E-state index in [1.165, 1.54) is 19.2 Å². The number of nitrogens with one attached hydrogen (secondary N) is 3. The lowest BCUT2D eigenvalue weighted by Gasteiger charge is -2.15. The molecule has 0 aliphatic heterocycles. The second-order valence-corrected chi connectivity index (χ2v) is 8.50. The van der Waals surface area contributed by atoms with E-state index in [0.717, 1.165) is 11.1 Å². The molecule has 2 amide bonds. The zero-order chi connectivity index (χ0) is 25.1. The number of aromatic amines is 1. The van der Waals surface area contributed by atoms with Gasteiger partial charge in [0, 0.05) is 38.9 Å². The number of aromatic nitrogens is 1. The van der Waals surface area contributed by atoms with Crippen LogP contribution >= 0.6 is 11.6 Å². The molecule has 3 N–H and O–H groups in total. The molecule has 4 rings (SSSR count). The van der Waals surface area contributed by atoms with Crippen LogP contribution in [-0.4, -0.2) is 28.6 Å². The Hall–Kier alpha value is -4.23. The molecule has 0 radical (unpaired) electrons. The standard InChI is InChI=1S/C27H22ClN3O4/c1-15(30-27(35)18-8-10-20(23(28)12-18)17-6-4-3-5-7-17)26(34)31-19-9-11-24-21(13-19)25(33)22(14-29-24)16(2)32/h3-15H,1-2H3,(H,29,33)(H,30,35)(H,31,34)/t15-/m0/s1. The van der Waals surface area contributed by atoms with Gasteiger partial charge in [0.15, 0.2) is 11.2 Å². The van der Waals surface area contributed by atoms with Crippen molar-refractivity contribution in [3.05, 3.63) is 99.3 Å². The summed E-state index contributed by atoms with van der Waals surface area (Å²) in [5.41, 5.74) is 2.58. The van der Waals surface area contributed by atoms with E-state index in [1.54, 1.807) is 37.3 Å². The van der Waals surface area contributed by atoms with E-state index in [2.05, 4.69) is 15.6 Å². The highest BCUT2D eigenvalue weighted by Crippen LogP contribution is 2.28. The summed E-state index contributed by atoms with van der Waals surface area (Å²) in [7, 11) is 0. The molecule has 0 aliphatic rings. The number of carbonyl (C=O) groups excluding carboxylic acids is 3. The van der Waals surface area contributed by atoms with Crippen molar-refractivity contribution >= 4 is 45.8 Å².